The number of nitrogens with zero attached hydrogens (tertiary/aromatic N) is 1. The molecule has 3 nitrogen and oxygen atoms in total. The first-order valence-electron chi connectivity index (χ1n) is 4.48. The minimum atomic E-state index is -0.943. The summed E-state index contributed by atoms with van der Waals surface area (Å²) in [6, 6.07) is 0. The third-order valence-electron chi connectivity index (χ3n) is 2.07. The highest BCUT2D eigenvalue weighted by atomic mass is 32.2. The Labute approximate surface area is 85.7 Å². The molecule has 0 unspecified atom stereocenters. The number of hydrogen-bond acceptors (Lipinski definition) is 3. The minimum absolute atomic E-state index is 0.0471. The largest absolute Gasteiger partial charge is 0.341 e. The summed E-state index contributed by atoms with van der Waals surface area (Å²) < 4.78 is 11.1. The van der Waals surface area contributed by atoms with Gasteiger partial charge in [-0.2, -0.15) is 0 Å². The molecule has 76 valence electrons. The van der Waals surface area contributed by atoms with Crippen molar-refractivity contribution in [2.75, 3.05) is 24.6 Å². The second kappa shape index (κ2) is 5.00. The fourth-order valence-corrected chi connectivity index (χ4v) is 4.61. The van der Waals surface area contributed by atoms with E-state index in [1.54, 1.807) is 4.90 Å². The second-order valence-electron chi connectivity index (χ2n) is 2.80. The molecule has 1 heterocycles. The van der Waals surface area contributed by atoms with Crippen molar-refractivity contribution in [3.63, 3.8) is 0 Å². The van der Waals surface area contributed by atoms with Crippen molar-refractivity contribution in [1.82, 2.24) is 4.90 Å². The zero-order chi connectivity index (χ0) is 9.84. The molecular weight excluding hydrogens is 206 g/mol. The zero-order valence-electron chi connectivity index (χ0n) is 7.99. The molecule has 1 aliphatic heterocycles. The monoisotopic (exact) mass is 221 g/mol. The molecule has 0 aromatic heterocycles. The van der Waals surface area contributed by atoms with E-state index in [1.807, 2.05) is 13.8 Å². The van der Waals surface area contributed by atoms with Crippen LogP contribution in [0.15, 0.2) is 0 Å². The molecule has 2 atom stereocenters. The Morgan fingerprint density at radius 3 is 2.54 bits per heavy atom. The molecule has 1 fully saturated rings. The number of thioether (sulfide) groups is 1. The SMILES string of the molecule is CCN(CC)C(=O)[C@@H]1SCC[S@]1=O. The van der Waals surface area contributed by atoms with Crippen LogP contribution < -0.4 is 0 Å². The van der Waals surface area contributed by atoms with Gasteiger partial charge in [-0.1, -0.05) is 0 Å². The molecule has 1 rings (SSSR count). The number of carbonyl (C=O) groups excluding carboxylic acids is 1. The molecule has 0 radical (unpaired) electrons. The maximum absolute atomic E-state index is 11.7. The van der Waals surface area contributed by atoms with Gasteiger partial charge in [-0.05, 0) is 13.8 Å². The van der Waals surface area contributed by atoms with Crippen LogP contribution >= 0.6 is 11.8 Å². The second-order valence-corrected chi connectivity index (χ2v) is 5.95. The molecular formula is C8H15NO2S2. The van der Waals surface area contributed by atoms with Crippen LogP contribution in [0.2, 0.25) is 0 Å². The Morgan fingerprint density at radius 2 is 2.15 bits per heavy atom. The Hall–Kier alpha value is -0.0300. The highest BCUT2D eigenvalue weighted by Gasteiger charge is 2.32. The van der Waals surface area contributed by atoms with Gasteiger partial charge in [0.15, 0.2) is 4.58 Å². The van der Waals surface area contributed by atoms with Gasteiger partial charge in [0.05, 0.1) is 0 Å². The summed E-state index contributed by atoms with van der Waals surface area (Å²) in [6.07, 6.45) is 0. The lowest BCUT2D eigenvalue weighted by Gasteiger charge is -2.21. The standard InChI is InChI=1S/C8H15NO2S2/c1-3-9(4-2)7(10)8-12-5-6-13(8)11/h8H,3-6H2,1-2H3/t8-,13-/m1/s1. The topological polar surface area (TPSA) is 37.4 Å². The van der Waals surface area contributed by atoms with Gasteiger partial charge in [0.1, 0.15) is 0 Å². The normalized spacial score (nSPS) is 27.5. The summed E-state index contributed by atoms with van der Waals surface area (Å²) in [7, 11) is -0.943. The molecule has 0 bridgehead atoms. The lowest BCUT2D eigenvalue weighted by atomic mass is 10.5. The number of amides is 1. The Bertz CT molecular complexity index is 216. The maximum atomic E-state index is 11.7. The van der Waals surface area contributed by atoms with Gasteiger partial charge < -0.3 is 4.90 Å². The van der Waals surface area contributed by atoms with Crippen LogP contribution in [0.1, 0.15) is 13.8 Å². The van der Waals surface area contributed by atoms with Gasteiger partial charge in [0.25, 0.3) is 0 Å². The van der Waals surface area contributed by atoms with Crippen molar-refractivity contribution in [3.8, 4) is 0 Å². The summed E-state index contributed by atoms with van der Waals surface area (Å²) in [5.41, 5.74) is 0. The average molecular weight is 221 g/mol. The molecule has 0 saturated carbocycles. The van der Waals surface area contributed by atoms with Crippen molar-refractivity contribution >= 4 is 28.5 Å². The van der Waals surface area contributed by atoms with Gasteiger partial charge in [-0.3, -0.25) is 9.00 Å². The predicted octanol–water partition coefficient (Wildman–Crippen LogP) is 0.676. The lowest BCUT2D eigenvalue weighted by Crippen LogP contribution is -2.38. The van der Waals surface area contributed by atoms with Gasteiger partial charge in [-0.15, -0.1) is 11.8 Å². The van der Waals surface area contributed by atoms with Gasteiger partial charge in [0.2, 0.25) is 5.91 Å². The van der Waals surface area contributed by atoms with E-state index in [9.17, 15) is 9.00 Å². The quantitative estimate of drug-likeness (QED) is 0.703. The average Bonchev–Trinajstić information content (AvgIpc) is 2.53. The number of carbonyl (C=O) groups is 1. The molecule has 1 amide bonds. The van der Waals surface area contributed by atoms with Crippen LogP contribution in [0.4, 0.5) is 0 Å². The first-order chi connectivity index (χ1) is 6.20. The smallest absolute Gasteiger partial charge is 0.248 e. The summed E-state index contributed by atoms with van der Waals surface area (Å²) in [5, 5.41) is 0. The highest BCUT2D eigenvalue weighted by molar-refractivity contribution is 8.15. The summed E-state index contributed by atoms with van der Waals surface area (Å²) in [5.74, 6) is 1.57. The predicted molar refractivity (Wildman–Crippen MR) is 57.2 cm³/mol. The van der Waals surface area contributed by atoms with Crippen LogP contribution in [0.3, 0.4) is 0 Å². The van der Waals surface area contributed by atoms with Crippen molar-refractivity contribution < 1.29 is 9.00 Å². The van der Waals surface area contributed by atoms with Crippen molar-refractivity contribution in [1.29, 1.82) is 0 Å². The molecule has 0 aromatic rings. The van der Waals surface area contributed by atoms with Gasteiger partial charge >= 0.3 is 0 Å². The van der Waals surface area contributed by atoms with E-state index in [4.69, 9.17) is 0 Å². The van der Waals surface area contributed by atoms with Crippen molar-refractivity contribution in [2.24, 2.45) is 0 Å². The molecule has 0 aromatic carbocycles. The van der Waals surface area contributed by atoms with E-state index in [2.05, 4.69) is 0 Å². The number of hydrogen-bond donors (Lipinski definition) is 0. The molecule has 0 spiro atoms. The lowest BCUT2D eigenvalue weighted by molar-refractivity contribution is -0.128. The van der Waals surface area contributed by atoms with Gasteiger partial charge in [-0.25, -0.2) is 0 Å². The maximum Gasteiger partial charge on any atom is 0.248 e. The summed E-state index contributed by atoms with van der Waals surface area (Å²) >= 11 is 1.53. The first kappa shape index (κ1) is 11.0. The molecule has 0 N–H and O–H groups in total. The van der Waals surface area contributed by atoms with E-state index < -0.39 is 10.8 Å². The van der Waals surface area contributed by atoms with Crippen LogP contribution in [0, 0.1) is 0 Å². The van der Waals surface area contributed by atoms with E-state index in [0.717, 1.165) is 5.75 Å². The minimum Gasteiger partial charge on any atom is -0.341 e. The van der Waals surface area contributed by atoms with Crippen molar-refractivity contribution in [3.05, 3.63) is 0 Å². The van der Waals surface area contributed by atoms with E-state index >= 15 is 0 Å². The van der Waals surface area contributed by atoms with E-state index in [-0.39, 0.29) is 10.5 Å². The number of rotatable bonds is 3. The summed E-state index contributed by atoms with van der Waals surface area (Å²) in [4.78, 5) is 13.5. The molecule has 13 heavy (non-hydrogen) atoms. The van der Waals surface area contributed by atoms with Crippen LogP contribution in [-0.4, -0.2) is 44.2 Å². The fraction of sp³-hybridized carbons (Fsp3) is 0.875. The van der Waals surface area contributed by atoms with Crippen LogP contribution in [0.25, 0.3) is 0 Å². The molecule has 1 saturated heterocycles. The van der Waals surface area contributed by atoms with E-state index in [1.165, 1.54) is 11.8 Å². The first-order valence-corrected chi connectivity index (χ1v) is 6.91. The van der Waals surface area contributed by atoms with Crippen molar-refractivity contribution in [2.45, 2.75) is 18.4 Å². The zero-order valence-corrected chi connectivity index (χ0v) is 9.62. The third-order valence-corrected chi connectivity index (χ3v) is 5.61. The Morgan fingerprint density at radius 1 is 1.54 bits per heavy atom. The van der Waals surface area contributed by atoms with Crippen LogP contribution in [0.5, 0.6) is 0 Å². The van der Waals surface area contributed by atoms with Gasteiger partial charge in [0, 0.05) is 35.4 Å². The third kappa shape index (κ3) is 2.47. The molecule has 1 aliphatic rings. The van der Waals surface area contributed by atoms with E-state index in [0.29, 0.717) is 18.8 Å². The van der Waals surface area contributed by atoms with Crippen LogP contribution in [-0.2, 0) is 15.6 Å². The Kier molecular flexibility index (Phi) is 4.25. The molecule has 0 aliphatic carbocycles. The highest BCUT2D eigenvalue weighted by Crippen LogP contribution is 2.24. The summed E-state index contributed by atoms with van der Waals surface area (Å²) in [6.45, 7) is 5.32. The molecule has 5 heteroatoms. The Balaban J connectivity index is 2.60. The fourth-order valence-electron chi connectivity index (χ4n) is 1.29.